The number of nitrogen functional groups attached to an aromatic ring is 1. The second kappa shape index (κ2) is 7.94. The highest BCUT2D eigenvalue weighted by atomic mass is 16.5. The quantitative estimate of drug-likeness (QED) is 0.502. The summed E-state index contributed by atoms with van der Waals surface area (Å²) in [5.74, 6) is 0.00980. The minimum absolute atomic E-state index is 0.127. The molecule has 140 valence electrons. The van der Waals surface area contributed by atoms with Gasteiger partial charge in [0.1, 0.15) is 6.04 Å². The summed E-state index contributed by atoms with van der Waals surface area (Å²) in [6.45, 7) is 1.87. The third kappa shape index (κ3) is 4.10. The van der Waals surface area contributed by atoms with Crippen molar-refractivity contribution in [2.45, 2.75) is 13.0 Å². The third-order valence-corrected chi connectivity index (χ3v) is 3.79. The maximum Gasteiger partial charge on any atom is 0.245 e. The number of hydrogen-bond acceptors (Lipinski definition) is 8. The van der Waals surface area contributed by atoms with E-state index in [-0.39, 0.29) is 5.95 Å². The van der Waals surface area contributed by atoms with E-state index in [0.717, 1.165) is 5.56 Å². The van der Waals surface area contributed by atoms with Gasteiger partial charge in [0, 0.05) is 11.3 Å². The van der Waals surface area contributed by atoms with Gasteiger partial charge in [-0.3, -0.25) is 4.79 Å². The van der Waals surface area contributed by atoms with Gasteiger partial charge in [0.05, 0.1) is 24.4 Å². The van der Waals surface area contributed by atoms with Crippen LogP contribution in [0.5, 0.6) is 5.88 Å². The molecule has 6 N–H and O–H groups in total. The Kier molecular flexibility index (Phi) is 5.43. The number of carbonyl (C=O) groups is 1. The van der Waals surface area contributed by atoms with Crippen LogP contribution in [0, 0.1) is 0 Å². The average Bonchev–Trinajstić information content (AvgIpc) is 2.67. The van der Waals surface area contributed by atoms with Gasteiger partial charge in [0.25, 0.3) is 0 Å². The number of nitrogens with one attached hydrogen (secondary N) is 1. The SMILES string of the molecule is CCOc1nc(N)nc2ccc(-c3ccc(NC(=O)C(N)CO)cc3)nc12. The Morgan fingerprint density at radius 2 is 1.93 bits per heavy atom. The van der Waals surface area contributed by atoms with Gasteiger partial charge in [-0.1, -0.05) is 12.1 Å². The summed E-state index contributed by atoms with van der Waals surface area (Å²) >= 11 is 0. The van der Waals surface area contributed by atoms with E-state index < -0.39 is 18.6 Å². The molecule has 0 aliphatic heterocycles. The Balaban J connectivity index is 1.90. The zero-order valence-electron chi connectivity index (χ0n) is 14.7. The number of aromatic nitrogens is 3. The lowest BCUT2D eigenvalue weighted by Crippen LogP contribution is -2.38. The molecule has 0 fully saturated rings. The molecule has 0 spiro atoms. The number of ether oxygens (including phenoxy) is 1. The number of fused-ring (bicyclic) bond motifs is 1. The summed E-state index contributed by atoms with van der Waals surface area (Å²) in [5, 5.41) is 11.6. The van der Waals surface area contributed by atoms with Crippen molar-refractivity contribution in [3.05, 3.63) is 36.4 Å². The number of anilines is 2. The summed E-state index contributed by atoms with van der Waals surface area (Å²) in [5.41, 5.74) is 14.4. The number of carbonyl (C=O) groups excluding carboxylic acids is 1. The lowest BCUT2D eigenvalue weighted by molar-refractivity contribution is -0.118. The number of nitrogens with zero attached hydrogens (tertiary/aromatic N) is 3. The Morgan fingerprint density at radius 1 is 1.19 bits per heavy atom. The van der Waals surface area contributed by atoms with Crippen LogP contribution in [0.15, 0.2) is 36.4 Å². The number of hydrogen-bond donors (Lipinski definition) is 4. The third-order valence-electron chi connectivity index (χ3n) is 3.79. The highest BCUT2D eigenvalue weighted by Crippen LogP contribution is 2.26. The zero-order valence-corrected chi connectivity index (χ0v) is 14.7. The van der Waals surface area contributed by atoms with Crippen molar-refractivity contribution >= 4 is 28.6 Å². The predicted molar refractivity (Wildman–Crippen MR) is 102 cm³/mol. The average molecular weight is 368 g/mol. The van der Waals surface area contributed by atoms with E-state index in [9.17, 15) is 4.79 Å². The lowest BCUT2D eigenvalue weighted by atomic mass is 10.1. The molecule has 0 bridgehead atoms. The first-order valence-corrected chi connectivity index (χ1v) is 8.36. The van der Waals surface area contributed by atoms with Crippen LogP contribution in [0.2, 0.25) is 0 Å². The molecule has 1 aromatic carbocycles. The van der Waals surface area contributed by atoms with Crippen LogP contribution in [-0.2, 0) is 4.79 Å². The Hall–Kier alpha value is -3.30. The van der Waals surface area contributed by atoms with Crippen LogP contribution >= 0.6 is 0 Å². The Bertz CT molecular complexity index is 961. The zero-order chi connectivity index (χ0) is 19.4. The van der Waals surface area contributed by atoms with Crippen LogP contribution in [0.4, 0.5) is 11.6 Å². The van der Waals surface area contributed by atoms with E-state index >= 15 is 0 Å². The molecular formula is C18H20N6O3. The van der Waals surface area contributed by atoms with Crippen molar-refractivity contribution in [2.75, 3.05) is 24.3 Å². The minimum atomic E-state index is -0.962. The van der Waals surface area contributed by atoms with Crippen LogP contribution in [0.1, 0.15) is 6.92 Å². The summed E-state index contributed by atoms with van der Waals surface area (Å²) < 4.78 is 5.51. The molecule has 0 aliphatic carbocycles. The van der Waals surface area contributed by atoms with Gasteiger partial charge in [-0.05, 0) is 31.2 Å². The number of aliphatic hydroxyl groups is 1. The molecule has 2 heterocycles. The van der Waals surface area contributed by atoms with E-state index in [1.807, 2.05) is 25.1 Å². The molecule has 1 atom stereocenters. The molecule has 3 rings (SSSR count). The topological polar surface area (TPSA) is 149 Å². The number of aliphatic hydroxyl groups excluding tert-OH is 1. The number of amides is 1. The van der Waals surface area contributed by atoms with E-state index in [1.54, 1.807) is 18.2 Å². The second-order valence-electron chi connectivity index (χ2n) is 5.74. The van der Waals surface area contributed by atoms with E-state index in [2.05, 4.69) is 20.3 Å². The van der Waals surface area contributed by atoms with Crippen LogP contribution < -0.4 is 21.5 Å². The molecule has 2 aromatic heterocycles. The Morgan fingerprint density at radius 3 is 2.59 bits per heavy atom. The molecular weight excluding hydrogens is 348 g/mol. The van der Waals surface area contributed by atoms with Gasteiger partial charge < -0.3 is 26.6 Å². The van der Waals surface area contributed by atoms with Gasteiger partial charge >= 0.3 is 0 Å². The monoisotopic (exact) mass is 368 g/mol. The van der Waals surface area contributed by atoms with Crippen molar-refractivity contribution in [3.63, 3.8) is 0 Å². The molecule has 0 saturated heterocycles. The van der Waals surface area contributed by atoms with Crippen LogP contribution in [-0.4, -0.2) is 45.2 Å². The smallest absolute Gasteiger partial charge is 0.245 e. The first-order valence-electron chi connectivity index (χ1n) is 8.36. The van der Waals surface area contributed by atoms with Gasteiger partial charge in [0.2, 0.25) is 17.7 Å². The fraction of sp³-hybridized carbons (Fsp3) is 0.222. The van der Waals surface area contributed by atoms with Gasteiger partial charge in [-0.2, -0.15) is 4.98 Å². The molecule has 0 saturated carbocycles. The highest BCUT2D eigenvalue weighted by Gasteiger charge is 2.13. The molecule has 9 heteroatoms. The van der Waals surface area contributed by atoms with E-state index in [4.69, 9.17) is 21.3 Å². The fourth-order valence-corrected chi connectivity index (χ4v) is 2.45. The number of pyridine rings is 1. The lowest BCUT2D eigenvalue weighted by Gasteiger charge is -2.11. The van der Waals surface area contributed by atoms with Crippen LogP contribution in [0.3, 0.4) is 0 Å². The van der Waals surface area contributed by atoms with Crippen LogP contribution in [0.25, 0.3) is 22.3 Å². The van der Waals surface area contributed by atoms with Gasteiger partial charge in [-0.15, -0.1) is 0 Å². The van der Waals surface area contributed by atoms with Crippen molar-refractivity contribution in [1.29, 1.82) is 0 Å². The first-order chi connectivity index (χ1) is 13.0. The summed E-state index contributed by atoms with van der Waals surface area (Å²) in [6, 6.07) is 9.74. The predicted octanol–water partition coefficient (Wildman–Crippen LogP) is 0.931. The van der Waals surface area contributed by atoms with Gasteiger partial charge in [0.15, 0.2) is 5.52 Å². The first kappa shape index (κ1) is 18.5. The van der Waals surface area contributed by atoms with Crippen molar-refractivity contribution in [3.8, 4) is 17.1 Å². The van der Waals surface area contributed by atoms with E-state index in [1.165, 1.54) is 0 Å². The molecule has 1 amide bonds. The Labute approximate surface area is 155 Å². The maximum atomic E-state index is 11.7. The minimum Gasteiger partial charge on any atom is -0.476 e. The largest absolute Gasteiger partial charge is 0.476 e. The summed E-state index contributed by atoms with van der Waals surface area (Å²) in [6.07, 6.45) is 0. The second-order valence-corrected chi connectivity index (χ2v) is 5.74. The molecule has 27 heavy (non-hydrogen) atoms. The number of nitrogens with two attached hydrogens (primary N) is 2. The molecule has 1 unspecified atom stereocenters. The molecule has 0 radical (unpaired) electrons. The summed E-state index contributed by atoms with van der Waals surface area (Å²) in [7, 11) is 0. The van der Waals surface area contributed by atoms with Crippen molar-refractivity contribution in [1.82, 2.24) is 15.0 Å². The standard InChI is InChI=1S/C18H20N6O3/c1-2-27-17-15-14(23-18(20)24-17)8-7-13(22-15)10-3-5-11(6-4-10)21-16(26)12(19)9-25/h3-8,12,25H,2,9,19H2,1H3,(H,21,26)(H2,20,23,24). The maximum absolute atomic E-state index is 11.7. The number of benzene rings is 1. The van der Waals surface area contributed by atoms with Crippen molar-refractivity contribution < 1.29 is 14.6 Å². The van der Waals surface area contributed by atoms with Gasteiger partial charge in [-0.25, -0.2) is 9.97 Å². The molecule has 9 nitrogen and oxygen atoms in total. The van der Waals surface area contributed by atoms with E-state index in [0.29, 0.717) is 34.9 Å². The fourth-order valence-electron chi connectivity index (χ4n) is 2.45. The molecule has 3 aromatic rings. The van der Waals surface area contributed by atoms with Crippen molar-refractivity contribution in [2.24, 2.45) is 5.73 Å². The highest BCUT2D eigenvalue weighted by molar-refractivity contribution is 5.95. The molecule has 0 aliphatic rings. The summed E-state index contributed by atoms with van der Waals surface area (Å²) in [4.78, 5) is 24.6. The normalized spacial score (nSPS) is 12.0. The number of rotatable bonds is 6.